The number of benzene rings is 1. The number of halogens is 4. The molecule has 11 heteroatoms. The van der Waals surface area contributed by atoms with E-state index in [1.165, 1.54) is 12.1 Å². The van der Waals surface area contributed by atoms with Crippen molar-refractivity contribution in [1.29, 1.82) is 0 Å². The quantitative estimate of drug-likeness (QED) is 0.509. The van der Waals surface area contributed by atoms with Gasteiger partial charge < -0.3 is 19.7 Å². The molecule has 5 rings (SSSR count). The maximum Gasteiger partial charge on any atom is 0.419 e. The molecule has 0 aliphatic carbocycles. The number of aromatic nitrogens is 3. The van der Waals surface area contributed by atoms with Gasteiger partial charge in [0.05, 0.1) is 37.6 Å². The van der Waals surface area contributed by atoms with Crippen molar-refractivity contribution in [2.24, 2.45) is 5.41 Å². The molecule has 2 aliphatic heterocycles. The number of rotatable bonds is 5. The normalized spacial score (nSPS) is 18.1. The van der Waals surface area contributed by atoms with E-state index in [1.807, 2.05) is 6.07 Å². The Balaban J connectivity index is 1.53. The summed E-state index contributed by atoms with van der Waals surface area (Å²) in [6, 6.07) is 4.33. The van der Waals surface area contributed by atoms with Gasteiger partial charge >= 0.3 is 6.18 Å². The zero-order valence-corrected chi connectivity index (χ0v) is 19.5. The van der Waals surface area contributed by atoms with Gasteiger partial charge in [-0.1, -0.05) is 12.1 Å². The summed E-state index contributed by atoms with van der Waals surface area (Å²) in [5.74, 6) is -0.559. The zero-order valence-electron chi connectivity index (χ0n) is 19.5. The predicted molar refractivity (Wildman–Crippen MR) is 122 cm³/mol. The number of nitrogens with zero attached hydrogens (tertiary/aromatic N) is 4. The topological polar surface area (TPSA) is 72.4 Å². The molecule has 0 radical (unpaired) electrons. The molecule has 1 N–H and O–H groups in total. The fourth-order valence-corrected chi connectivity index (χ4v) is 4.80. The Bertz CT molecular complexity index is 1280. The van der Waals surface area contributed by atoms with E-state index in [-0.39, 0.29) is 11.0 Å². The van der Waals surface area contributed by atoms with Gasteiger partial charge in [0.2, 0.25) is 5.88 Å². The van der Waals surface area contributed by atoms with Crippen LogP contribution >= 0.6 is 0 Å². The molecule has 7 nitrogen and oxygen atoms in total. The fraction of sp³-hybridized carbons (Fsp3) is 0.458. The van der Waals surface area contributed by atoms with Crippen LogP contribution in [-0.2, 0) is 10.9 Å². The molecule has 2 saturated heterocycles. The minimum absolute atomic E-state index is 0.122. The van der Waals surface area contributed by atoms with E-state index in [1.54, 1.807) is 21.0 Å². The molecule has 1 atom stereocenters. The third-order valence-corrected chi connectivity index (χ3v) is 6.81. The highest BCUT2D eigenvalue weighted by molar-refractivity contribution is 5.93. The lowest BCUT2D eigenvalue weighted by atomic mass is 9.85. The zero-order chi connectivity index (χ0) is 25.0. The highest BCUT2D eigenvalue weighted by atomic mass is 19.4. The number of anilines is 2. The molecule has 0 amide bonds. The molecular weight excluding hydrogens is 466 g/mol. The predicted octanol–water partition coefficient (Wildman–Crippen LogP) is 4.90. The van der Waals surface area contributed by atoms with Crippen molar-refractivity contribution in [3.05, 3.63) is 46.9 Å². The van der Waals surface area contributed by atoms with Crippen molar-refractivity contribution < 1.29 is 27.0 Å². The number of aryl methyl sites for hydroxylation is 1. The summed E-state index contributed by atoms with van der Waals surface area (Å²) in [5.41, 5.74) is 0.614. The van der Waals surface area contributed by atoms with E-state index in [9.17, 15) is 17.6 Å². The molecule has 2 aromatic heterocycles. The van der Waals surface area contributed by atoms with E-state index in [0.29, 0.717) is 28.3 Å². The van der Waals surface area contributed by atoms with Crippen molar-refractivity contribution in [2.75, 3.05) is 43.6 Å². The van der Waals surface area contributed by atoms with Crippen LogP contribution in [0.25, 0.3) is 10.9 Å². The number of fused-ring (bicyclic) bond motifs is 1. The number of ether oxygens (including phenoxy) is 2. The minimum atomic E-state index is -4.79. The molecule has 2 aliphatic rings. The molecule has 4 heterocycles. The summed E-state index contributed by atoms with van der Waals surface area (Å²) in [6.45, 7) is 6.42. The number of methoxy groups -OCH3 is 1. The summed E-state index contributed by atoms with van der Waals surface area (Å²) in [4.78, 5) is 6.87. The van der Waals surface area contributed by atoms with Crippen LogP contribution in [-0.4, -0.2) is 48.6 Å². The van der Waals surface area contributed by atoms with Gasteiger partial charge in [0.25, 0.3) is 0 Å². The standard InChI is InChI=1S/C24H25F4N5O2/c1-13(15-5-4-6-17(19(15)25)24(26,27)28)29-21-16-9-18(33-8-7-23(10-33)11-35-12-23)22(34-3)30-20(16)14(2)31-32-21/h4-6,9,13H,7-8,10-12H2,1-3H3,(H,29,32)/t13-/m1/s1. The summed E-state index contributed by atoms with van der Waals surface area (Å²) in [6.07, 6.45) is -3.79. The van der Waals surface area contributed by atoms with Gasteiger partial charge in [0.1, 0.15) is 17.0 Å². The first kappa shape index (κ1) is 23.5. The van der Waals surface area contributed by atoms with Crippen LogP contribution < -0.4 is 15.0 Å². The van der Waals surface area contributed by atoms with Crippen molar-refractivity contribution in [3.63, 3.8) is 0 Å². The van der Waals surface area contributed by atoms with Crippen molar-refractivity contribution >= 4 is 22.4 Å². The van der Waals surface area contributed by atoms with Crippen LogP contribution in [0.4, 0.5) is 29.1 Å². The van der Waals surface area contributed by atoms with Crippen molar-refractivity contribution in [2.45, 2.75) is 32.5 Å². The average molecular weight is 491 g/mol. The third kappa shape index (κ3) is 4.11. The lowest BCUT2D eigenvalue weighted by Gasteiger charge is -2.37. The molecular formula is C24H25F4N5O2. The van der Waals surface area contributed by atoms with Gasteiger partial charge in [0, 0.05) is 29.5 Å². The van der Waals surface area contributed by atoms with E-state index >= 15 is 0 Å². The first-order valence-electron chi connectivity index (χ1n) is 11.3. The van der Waals surface area contributed by atoms with Crippen LogP contribution in [0, 0.1) is 18.2 Å². The SMILES string of the molecule is COc1nc2c(C)nnc(N[C@H](C)c3cccc(C(F)(F)F)c3F)c2cc1N1CCC2(COC2)C1. The average Bonchev–Trinajstić information content (AvgIpc) is 3.26. The summed E-state index contributed by atoms with van der Waals surface area (Å²) in [7, 11) is 1.55. The van der Waals surface area contributed by atoms with Crippen LogP contribution in [0.3, 0.4) is 0 Å². The van der Waals surface area contributed by atoms with E-state index in [0.717, 1.165) is 44.5 Å². The highest BCUT2D eigenvalue weighted by Gasteiger charge is 2.45. The minimum Gasteiger partial charge on any atom is -0.480 e. The lowest BCUT2D eigenvalue weighted by molar-refractivity contribution is -0.140. The van der Waals surface area contributed by atoms with Gasteiger partial charge in [-0.15, -0.1) is 5.10 Å². The largest absolute Gasteiger partial charge is 0.480 e. The van der Waals surface area contributed by atoms with E-state index in [2.05, 4.69) is 25.4 Å². The molecule has 0 unspecified atom stereocenters. The van der Waals surface area contributed by atoms with E-state index < -0.39 is 23.6 Å². The Morgan fingerprint density at radius 3 is 2.63 bits per heavy atom. The molecule has 3 aromatic rings. The smallest absolute Gasteiger partial charge is 0.419 e. The number of hydrogen-bond acceptors (Lipinski definition) is 7. The Kier molecular flexibility index (Phi) is 5.70. The van der Waals surface area contributed by atoms with Crippen LogP contribution in [0.2, 0.25) is 0 Å². The third-order valence-electron chi connectivity index (χ3n) is 6.81. The maximum atomic E-state index is 14.7. The number of nitrogens with one attached hydrogen (secondary N) is 1. The van der Waals surface area contributed by atoms with Crippen LogP contribution in [0.15, 0.2) is 24.3 Å². The number of pyridine rings is 1. The number of alkyl halides is 3. The van der Waals surface area contributed by atoms with Gasteiger partial charge in [0.15, 0.2) is 5.82 Å². The molecule has 186 valence electrons. The van der Waals surface area contributed by atoms with Crippen LogP contribution in [0.5, 0.6) is 5.88 Å². The second kappa shape index (κ2) is 8.47. The lowest BCUT2D eigenvalue weighted by Crippen LogP contribution is -2.44. The fourth-order valence-electron chi connectivity index (χ4n) is 4.80. The van der Waals surface area contributed by atoms with Crippen LogP contribution in [0.1, 0.15) is 36.2 Å². The summed E-state index contributed by atoms with van der Waals surface area (Å²) in [5, 5.41) is 12.0. The van der Waals surface area contributed by atoms with E-state index in [4.69, 9.17) is 9.47 Å². The monoisotopic (exact) mass is 491 g/mol. The van der Waals surface area contributed by atoms with Gasteiger partial charge in [-0.2, -0.15) is 18.3 Å². The first-order valence-corrected chi connectivity index (χ1v) is 11.3. The molecule has 1 aromatic carbocycles. The second-order valence-corrected chi connectivity index (χ2v) is 9.28. The van der Waals surface area contributed by atoms with Gasteiger partial charge in [-0.3, -0.25) is 0 Å². The Hall–Kier alpha value is -3.21. The Morgan fingerprint density at radius 2 is 2.00 bits per heavy atom. The van der Waals surface area contributed by atoms with Gasteiger partial charge in [-0.25, -0.2) is 9.37 Å². The Morgan fingerprint density at radius 1 is 1.23 bits per heavy atom. The number of hydrogen-bond donors (Lipinski definition) is 1. The molecule has 1 spiro atoms. The maximum absolute atomic E-state index is 14.7. The summed E-state index contributed by atoms with van der Waals surface area (Å²) < 4.78 is 65.4. The highest BCUT2D eigenvalue weighted by Crippen LogP contribution is 2.43. The first-order chi connectivity index (χ1) is 16.6. The molecule has 0 bridgehead atoms. The molecule has 35 heavy (non-hydrogen) atoms. The molecule has 0 saturated carbocycles. The van der Waals surface area contributed by atoms with Crippen molar-refractivity contribution in [1.82, 2.24) is 15.2 Å². The second-order valence-electron chi connectivity index (χ2n) is 9.28. The molecule has 2 fully saturated rings. The van der Waals surface area contributed by atoms with Gasteiger partial charge in [-0.05, 0) is 32.4 Å². The Labute approximate surface area is 199 Å². The summed E-state index contributed by atoms with van der Waals surface area (Å²) >= 11 is 0. The van der Waals surface area contributed by atoms with Crippen molar-refractivity contribution in [3.8, 4) is 5.88 Å².